The number of hydrogen-bond donors (Lipinski definition) is 0. The molecule has 1 amide bonds. The minimum Gasteiger partial charge on any atom is -0.372 e. The van der Waals surface area contributed by atoms with Crippen LogP contribution in [0.1, 0.15) is 13.8 Å². The molecule has 19 heavy (non-hydrogen) atoms. The van der Waals surface area contributed by atoms with Gasteiger partial charge >= 0.3 is 0 Å². The van der Waals surface area contributed by atoms with Gasteiger partial charge in [-0.05, 0) is 26.0 Å². The number of carbonyl (C=O) groups is 1. The van der Waals surface area contributed by atoms with E-state index in [1.54, 1.807) is 18.3 Å². The van der Waals surface area contributed by atoms with E-state index in [1.165, 1.54) is 11.8 Å². The molecule has 1 aromatic rings. The van der Waals surface area contributed by atoms with Gasteiger partial charge in [0, 0.05) is 19.3 Å². The normalized spacial score (nSPS) is 23.4. The van der Waals surface area contributed by atoms with E-state index in [0.717, 1.165) is 0 Å². The third kappa shape index (κ3) is 4.09. The van der Waals surface area contributed by atoms with Crippen molar-refractivity contribution in [1.29, 1.82) is 0 Å². The highest BCUT2D eigenvalue weighted by Crippen LogP contribution is 2.24. The second kappa shape index (κ2) is 6.59. The van der Waals surface area contributed by atoms with E-state index < -0.39 is 0 Å². The van der Waals surface area contributed by atoms with E-state index >= 15 is 0 Å². The molecule has 1 aromatic heterocycles. The Morgan fingerprint density at radius 1 is 1.53 bits per heavy atom. The molecule has 0 spiro atoms. The number of nitrogens with zero attached hydrogens (tertiary/aromatic N) is 2. The number of aromatic nitrogens is 1. The van der Waals surface area contributed by atoms with Crippen molar-refractivity contribution in [2.24, 2.45) is 0 Å². The van der Waals surface area contributed by atoms with Crippen molar-refractivity contribution in [3.8, 4) is 0 Å². The van der Waals surface area contributed by atoms with E-state index in [-0.39, 0.29) is 18.1 Å². The molecule has 1 fully saturated rings. The predicted octanol–water partition coefficient (Wildman–Crippen LogP) is 2.46. The lowest BCUT2D eigenvalue weighted by Crippen LogP contribution is -2.48. The molecule has 0 saturated carbocycles. The van der Waals surface area contributed by atoms with Gasteiger partial charge in [0.25, 0.3) is 0 Å². The van der Waals surface area contributed by atoms with E-state index in [4.69, 9.17) is 16.3 Å². The first-order valence-corrected chi connectivity index (χ1v) is 7.59. The first-order valence-electron chi connectivity index (χ1n) is 6.23. The van der Waals surface area contributed by atoms with Gasteiger partial charge < -0.3 is 9.64 Å². The fourth-order valence-electron chi connectivity index (χ4n) is 2.08. The second-order valence-corrected chi connectivity index (χ2v) is 6.01. The van der Waals surface area contributed by atoms with Crippen LogP contribution in [-0.2, 0) is 9.53 Å². The second-order valence-electron chi connectivity index (χ2n) is 4.64. The number of hydrogen-bond acceptors (Lipinski definition) is 4. The molecule has 2 unspecified atom stereocenters. The summed E-state index contributed by atoms with van der Waals surface area (Å²) >= 11 is 7.39. The lowest BCUT2D eigenvalue weighted by Gasteiger charge is -2.35. The molecule has 104 valence electrons. The fraction of sp³-hybridized carbons (Fsp3) is 0.538. The molecule has 1 aliphatic rings. The minimum absolute atomic E-state index is 0.0936. The summed E-state index contributed by atoms with van der Waals surface area (Å²) in [4.78, 5) is 18.2. The zero-order chi connectivity index (χ0) is 13.8. The molecule has 2 heterocycles. The molecular weight excluding hydrogens is 284 g/mol. The summed E-state index contributed by atoms with van der Waals surface area (Å²) < 4.78 is 5.61. The molecular formula is C13H17ClN2O2S. The highest BCUT2D eigenvalue weighted by molar-refractivity contribution is 8.00. The third-order valence-electron chi connectivity index (χ3n) is 2.83. The largest absolute Gasteiger partial charge is 0.372 e. The van der Waals surface area contributed by atoms with Crippen LogP contribution in [-0.4, -0.2) is 46.8 Å². The Morgan fingerprint density at radius 2 is 2.21 bits per heavy atom. The monoisotopic (exact) mass is 300 g/mol. The van der Waals surface area contributed by atoms with Gasteiger partial charge in [-0.2, -0.15) is 0 Å². The zero-order valence-electron chi connectivity index (χ0n) is 11.0. The third-order valence-corrected chi connectivity index (χ3v) is 4.24. The van der Waals surface area contributed by atoms with Gasteiger partial charge in [-0.25, -0.2) is 4.98 Å². The summed E-state index contributed by atoms with van der Waals surface area (Å²) in [6.45, 7) is 5.27. The molecule has 0 radical (unpaired) electrons. The maximum Gasteiger partial charge on any atom is 0.233 e. The number of pyridine rings is 1. The van der Waals surface area contributed by atoms with Gasteiger partial charge in [0.1, 0.15) is 5.03 Å². The number of halogens is 1. The average molecular weight is 301 g/mol. The van der Waals surface area contributed by atoms with Crippen molar-refractivity contribution in [2.45, 2.75) is 31.1 Å². The van der Waals surface area contributed by atoms with Gasteiger partial charge in [-0.15, -0.1) is 0 Å². The number of amides is 1. The lowest BCUT2D eigenvalue weighted by molar-refractivity contribution is -0.140. The summed E-state index contributed by atoms with van der Waals surface area (Å²) in [5.41, 5.74) is 0. The van der Waals surface area contributed by atoms with Crippen molar-refractivity contribution >= 4 is 29.3 Å². The number of carbonyl (C=O) groups excluding carboxylic acids is 1. The van der Waals surface area contributed by atoms with Crippen LogP contribution in [0.5, 0.6) is 0 Å². The van der Waals surface area contributed by atoms with Crippen LogP contribution in [0.4, 0.5) is 0 Å². The smallest absolute Gasteiger partial charge is 0.233 e. The Balaban J connectivity index is 1.89. The van der Waals surface area contributed by atoms with Crippen LogP contribution in [0, 0.1) is 0 Å². The van der Waals surface area contributed by atoms with Gasteiger partial charge in [-0.3, -0.25) is 4.79 Å². The van der Waals surface area contributed by atoms with E-state index in [2.05, 4.69) is 4.98 Å². The Labute approximate surface area is 122 Å². The Kier molecular flexibility index (Phi) is 5.07. The maximum absolute atomic E-state index is 12.2. The topological polar surface area (TPSA) is 42.4 Å². The molecule has 2 atom stereocenters. The van der Waals surface area contributed by atoms with E-state index in [1.807, 2.05) is 18.7 Å². The van der Waals surface area contributed by atoms with Crippen molar-refractivity contribution in [1.82, 2.24) is 9.88 Å². The lowest BCUT2D eigenvalue weighted by atomic mass is 10.2. The standard InChI is InChI=1S/C13H17ClN2O2S/c1-9-6-16(7-10(2)18-9)12(17)8-19-13-11(14)4-3-5-15-13/h3-5,9-10H,6-8H2,1-2H3. The van der Waals surface area contributed by atoms with Crippen LogP contribution in [0.2, 0.25) is 5.02 Å². The number of morpholine rings is 1. The number of rotatable bonds is 3. The first-order chi connectivity index (χ1) is 9.06. The first kappa shape index (κ1) is 14.6. The summed E-state index contributed by atoms with van der Waals surface area (Å²) in [6, 6.07) is 3.56. The van der Waals surface area contributed by atoms with E-state index in [9.17, 15) is 4.79 Å². The Morgan fingerprint density at radius 3 is 2.84 bits per heavy atom. The van der Waals surface area contributed by atoms with Crippen LogP contribution in [0.25, 0.3) is 0 Å². The molecule has 0 aromatic carbocycles. The SMILES string of the molecule is CC1CN(C(=O)CSc2ncccc2Cl)CC(C)O1. The average Bonchev–Trinajstić information content (AvgIpc) is 2.36. The van der Waals surface area contributed by atoms with Crippen LogP contribution < -0.4 is 0 Å². The number of ether oxygens (including phenoxy) is 1. The molecule has 0 N–H and O–H groups in total. The number of thioether (sulfide) groups is 1. The molecule has 1 aliphatic heterocycles. The summed E-state index contributed by atoms with van der Waals surface area (Å²) in [6.07, 6.45) is 1.87. The summed E-state index contributed by atoms with van der Waals surface area (Å²) in [7, 11) is 0. The van der Waals surface area contributed by atoms with Crippen LogP contribution in [0.15, 0.2) is 23.4 Å². The van der Waals surface area contributed by atoms with Crippen LogP contribution >= 0.6 is 23.4 Å². The Bertz CT molecular complexity index is 448. The molecule has 0 aliphatic carbocycles. The molecule has 2 rings (SSSR count). The zero-order valence-corrected chi connectivity index (χ0v) is 12.6. The fourth-order valence-corrected chi connectivity index (χ4v) is 3.15. The highest BCUT2D eigenvalue weighted by atomic mass is 35.5. The summed E-state index contributed by atoms with van der Waals surface area (Å²) in [5, 5.41) is 1.29. The van der Waals surface area contributed by atoms with Gasteiger partial charge in [0.05, 0.1) is 23.0 Å². The van der Waals surface area contributed by atoms with E-state index in [0.29, 0.717) is 28.9 Å². The Hall–Kier alpha value is -0.780. The van der Waals surface area contributed by atoms with Gasteiger partial charge in [0.15, 0.2) is 0 Å². The van der Waals surface area contributed by atoms with Crippen molar-refractivity contribution in [3.05, 3.63) is 23.4 Å². The maximum atomic E-state index is 12.2. The molecule has 4 nitrogen and oxygen atoms in total. The predicted molar refractivity (Wildman–Crippen MR) is 76.6 cm³/mol. The van der Waals surface area contributed by atoms with Crippen molar-refractivity contribution < 1.29 is 9.53 Å². The molecule has 0 bridgehead atoms. The quantitative estimate of drug-likeness (QED) is 0.804. The summed E-state index contributed by atoms with van der Waals surface area (Å²) in [5.74, 6) is 0.463. The van der Waals surface area contributed by atoms with Crippen LogP contribution in [0.3, 0.4) is 0 Å². The van der Waals surface area contributed by atoms with Gasteiger partial charge in [0.2, 0.25) is 5.91 Å². The van der Waals surface area contributed by atoms with Crippen molar-refractivity contribution in [2.75, 3.05) is 18.8 Å². The molecule has 1 saturated heterocycles. The highest BCUT2D eigenvalue weighted by Gasteiger charge is 2.25. The van der Waals surface area contributed by atoms with Crippen molar-refractivity contribution in [3.63, 3.8) is 0 Å². The molecule has 6 heteroatoms. The van der Waals surface area contributed by atoms with Gasteiger partial charge in [-0.1, -0.05) is 23.4 Å². The minimum atomic E-state index is 0.0936.